The Hall–Kier alpha value is -3.86. The van der Waals surface area contributed by atoms with E-state index in [9.17, 15) is 4.79 Å². The molecule has 160 valence electrons. The summed E-state index contributed by atoms with van der Waals surface area (Å²) in [5.74, 6) is 0.456. The first-order valence-corrected chi connectivity index (χ1v) is 10.7. The fourth-order valence-corrected chi connectivity index (χ4v) is 4.27. The number of hydrogen-bond acceptors (Lipinski definition) is 4. The Labute approximate surface area is 187 Å². The van der Waals surface area contributed by atoms with Crippen molar-refractivity contribution in [3.8, 4) is 17.0 Å². The standard InChI is InChI=1S/C27H24N2O3/c1-31-27(30)25-24-14-12-21-16-22(32-18-20-10-6-3-7-11-20)13-15-23(21)26(24)29(28-25)17-19-8-4-2-5-9-19/h2-11,13,15-16H,12,14,17-18H2,1H3. The SMILES string of the molecule is COC(=O)c1nn(Cc2ccccc2)c2c1CCc1cc(OCc3ccccc3)ccc1-2. The number of ether oxygens (including phenoxy) is 2. The van der Waals surface area contributed by atoms with Crippen molar-refractivity contribution in [3.05, 3.63) is 107 Å². The molecule has 0 N–H and O–H groups in total. The van der Waals surface area contributed by atoms with Crippen LogP contribution in [0.2, 0.25) is 0 Å². The molecular formula is C27H24N2O3. The molecule has 0 fully saturated rings. The smallest absolute Gasteiger partial charge is 0.358 e. The molecule has 0 aliphatic heterocycles. The fourth-order valence-electron chi connectivity index (χ4n) is 4.27. The van der Waals surface area contributed by atoms with E-state index in [0.717, 1.165) is 46.5 Å². The van der Waals surface area contributed by atoms with E-state index in [1.807, 2.05) is 47.1 Å². The van der Waals surface area contributed by atoms with Crippen LogP contribution in [0.25, 0.3) is 11.3 Å². The second-order valence-corrected chi connectivity index (χ2v) is 7.90. The first-order chi connectivity index (χ1) is 15.7. The van der Waals surface area contributed by atoms with Crippen molar-refractivity contribution in [2.24, 2.45) is 0 Å². The van der Waals surface area contributed by atoms with E-state index in [-0.39, 0.29) is 5.97 Å². The zero-order valence-corrected chi connectivity index (χ0v) is 18.0. The van der Waals surface area contributed by atoms with Gasteiger partial charge in [0, 0.05) is 11.1 Å². The minimum absolute atomic E-state index is 0.390. The van der Waals surface area contributed by atoms with Gasteiger partial charge in [-0.3, -0.25) is 4.68 Å². The third-order valence-corrected chi connectivity index (χ3v) is 5.83. The molecule has 0 bridgehead atoms. The van der Waals surface area contributed by atoms with E-state index in [4.69, 9.17) is 9.47 Å². The Morgan fingerprint density at radius 1 is 0.938 bits per heavy atom. The fraction of sp³-hybridized carbons (Fsp3) is 0.185. The molecule has 1 heterocycles. The molecule has 0 unspecified atom stereocenters. The van der Waals surface area contributed by atoms with Gasteiger partial charge in [0.1, 0.15) is 12.4 Å². The van der Waals surface area contributed by atoms with E-state index < -0.39 is 0 Å². The van der Waals surface area contributed by atoms with Crippen molar-refractivity contribution in [3.63, 3.8) is 0 Å². The summed E-state index contributed by atoms with van der Waals surface area (Å²) in [5.41, 5.74) is 6.92. The Balaban J connectivity index is 1.50. The zero-order valence-electron chi connectivity index (χ0n) is 18.0. The lowest BCUT2D eigenvalue weighted by Gasteiger charge is -2.20. The third-order valence-electron chi connectivity index (χ3n) is 5.83. The number of carbonyl (C=O) groups excluding carboxylic acids is 1. The molecule has 1 aliphatic rings. The minimum atomic E-state index is -0.390. The first-order valence-electron chi connectivity index (χ1n) is 10.7. The number of hydrogen-bond donors (Lipinski definition) is 0. The maximum atomic E-state index is 12.4. The topological polar surface area (TPSA) is 53.3 Å². The molecule has 0 atom stereocenters. The number of nitrogens with zero attached hydrogens (tertiary/aromatic N) is 2. The number of carbonyl (C=O) groups is 1. The van der Waals surface area contributed by atoms with Crippen LogP contribution in [0.4, 0.5) is 0 Å². The van der Waals surface area contributed by atoms with Gasteiger partial charge in [-0.05, 0) is 47.7 Å². The third kappa shape index (κ3) is 3.89. The van der Waals surface area contributed by atoms with Crippen molar-refractivity contribution in [1.29, 1.82) is 0 Å². The Kier molecular flexibility index (Phi) is 5.46. The summed E-state index contributed by atoms with van der Waals surface area (Å²) < 4.78 is 13.0. The van der Waals surface area contributed by atoms with Gasteiger partial charge in [0.25, 0.3) is 0 Å². The highest BCUT2D eigenvalue weighted by atomic mass is 16.5. The summed E-state index contributed by atoms with van der Waals surface area (Å²) in [6.07, 6.45) is 1.57. The van der Waals surface area contributed by atoms with Gasteiger partial charge in [-0.15, -0.1) is 0 Å². The van der Waals surface area contributed by atoms with Gasteiger partial charge in [-0.2, -0.15) is 5.10 Å². The van der Waals surface area contributed by atoms with Crippen LogP contribution in [0.3, 0.4) is 0 Å². The average molecular weight is 425 g/mol. The summed E-state index contributed by atoms with van der Waals surface area (Å²) in [6.45, 7) is 1.12. The van der Waals surface area contributed by atoms with Crippen LogP contribution in [0, 0.1) is 0 Å². The van der Waals surface area contributed by atoms with Gasteiger partial charge in [-0.1, -0.05) is 60.7 Å². The Bertz CT molecular complexity index is 1250. The largest absolute Gasteiger partial charge is 0.489 e. The quantitative estimate of drug-likeness (QED) is 0.406. The van der Waals surface area contributed by atoms with Gasteiger partial charge >= 0.3 is 5.97 Å². The number of esters is 1. The van der Waals surface area contributed by atoms with Gasteiger partial charge in [0.05, 0.1) is 19.3 Å². The van der Waals surface area contributed by atoms with Crippen LogP contribution in [0.5, 0.6) is 5.75 Å². The molecule has 5 heteroatoms. The number of aryl methyl sites for hydroxylation is 1. The average Bonchev–Trinajstić information content (AvgIpc) is 3.22. The second-order valence-electron chi connectivity index (χ2n) is 7.90. The summed E-state index contributed by atoms with van der Waals surface area (Å²) in [4.78, 5) is 12.4. The monoisotopic (exact) mass is 424 g/mol. The van der Waals surface area contributed by atoms with Crippen LogP contribution >= 0.6 is 0 Å². The summed E-state index contributed by atoms with van der Waals surface area (Å²) in [7, 11) is 1.40. The number of benzene rings is 3. The number of methoxy groups -OCH3 is 1. The highest BCUT2D eigenvalue weighted by Crippen LogP contribution is 2.37. The van der Waals surface area contributed by atoms with E-state index >= 15 is 0 Å². The molecule has 1 aliphatic carbocycles. The summed E-state index contributed by atoms with van der Waals surface area (Å²) in [5, 5.41) is 4.67. The first kappa shape index (κ1) is 20.1. The van der Waals surface area contributed by atoms with Crippen LogP contribution < -0.4 is 4.74 Å². The highest BCUT2D eigenvalue weighted by Gasteiger charge is 2.29. The van der Waals surface area contributed by atoms with Crippen molar-refractivity contribution in [2.45, 2.75) is 26.0 Å². The molecule has 0 spiro atoms. The molecule has 4 aromatic rings. The number of fused-ring (bicyclic) bond motifs is 3. The molecule has 0 saturated carbocycles. The maximum absolute atomic E-state index is 12.4. The molecule has 0 amide bonds. The van der Waals surface area contributed by atoms with Crippen LogP contribution in [0.15, 0.2) is 78.9 Å². The van der Waals surface area contributed by atoms with Crippen LogP contribution in [-0.4, -0.2) is 22.9 Å². The van der Waals surface area contributed by atoms with Crippen molar-refractivity contribution < 1.29 is 14.3 Å². The second kappa shape index (κ2) is 8.71. The lowest BCUT2D eigenvalue weighted by atomic mass is 9.88. The van der Waals surface area contributed by atoms with Crippen LogP contribution in [-0.2, 0) is 30.7 Å². The van der Waals surface area contributed by atoms with E-state index in [1.165, 1.54) is 12.7 Å². The molecule has 32 heavy (non-hydrogen) atoms. The van der Waals surface area contributed by atoms with Gasteiger partial charge in [-0.25, -0.2) is 4.79 Å². The number of rotatable bonds is 6. The molecule has 0 radical (unpaired) electrons. The normalized spacial score (nSPS) is 12.0. The Morgan fingerprint density at radius 2 is 1.66 bits per heavy atom. The predicted octanol–water partition coefficient (Wildman–Crippen LogP) is 5.06. The molecular weight excluding hydrogens is 400 g/mol. The maximum Gasteiger partial charge on any atom is 0.358 e. The van der Waals surface area contributed by atoms with Crippen molar-refractivity contribution >= 4 is 5.97 Å². The van der Waals surface area contributed by atoms with Crippen molar-refractivity contribution in [2.75, 3.05) is 7.11 Å². The lowest BCUT2D eigenvalue weighted by Crippen LogP contribution is -2.10. The van der Waals surface area contributed by atoms with E-state index in [1.54, 1.807) is 0 Å². The highest BCUT2D eigenvalue weighted by molar-refractivity contribution is 5.92. The van der Waals surface area contributed by atoms with E-state index in [2.05, 4.69) is 41.5 Å². The molecule has 3 aromatic carbocycles. The molecule has 5 nitrogen and oxygen atoms in total. The van der Waals surface area contributed by atoms with Gasteiger partial charge < -0.3 is 9.47 Å². The lowest BCUT2D eigenvalue weighted by molar-refractivity contribution is 0.0591. The Morgan fingerprint density at radius 3 is 2.38 bits per heavy atom. The van der Waals surface area contributed by atoms with Crippen molar-refractivity contribution in [1.82, 2.24) is 9.78 Å². The number of aromatic nitrogens is 2. The molecule has 0 saturated heterocycles. The zero-order chi connectivity index (χ0) is 21.9. The minimum Gasteiger partial charge on any atom is -0.489 e. The summed E-state index contributed by atoms with van der Waals surface area (Å²) >= 11 is 0. The van der Waals surface area contributed by atoms with E-state index in [0.29, 0.717) is 18.8 Å². The summed E-state index contributed by atoms with van der Waals surface area (Å²) in [6, 6.07) is 26.5. The molecule has 5 rings (SSSR count). The van der Waals surface area contributed by atoms with Crippen LogP contribution in [0.1, 0.15) is 32.7 Å². The molecule has 1 aromatic heterocycles. The predicted molar refractivity (Wildman–Crippen MR) is 123 cm³/mol. The van der Waals surface area contributed by atoms with Gasteiger partial charge in [0.15, 0.2) is 5.69 Å². The van der Waals surface area contributed by atoms with Gasteiger partial charge in [0.2, 0.25) is 0 Å².